The number of carbonyl (C=O) groups is 1. The van der Waals surface area contributed by atoms with Gasteiger partial charge in [0.25, 0.3) is 0 Å². The van der Waals surface area contributed by atoms with Crippen LogP contribution in [0.15, 0.2) is 94.4 Å². The minimum absolute atomic E-state index is 0.0635. The molecule has 1 atom stereocenters. The van der Waals surface area contributed by atoms with Crippen molar-refractivity contribution in [1.29, 1.82) is 0 Å². The van der Waals surface area contributed by atoms with Crippen molar-refractivity contribution in [2.45, 2.75) is 13.2 Å². The Morgan fingerprint density at radius 1 is 0.953 bits per heavy atom. The van der Waals surface area contributed by atoms with Crippen LogP contribution in [-0.2, 0) is 0 Å². The van der Waals surface area contributed by atoms with Crippen LogP contribution in [0.25, 0.3) is 16.8 Å². The van der Waals surface area contributed by atoms with E-state index in [1.54, 1.807) is 30.5 Å². The van der Waals surface area contributed by atoms with Crippen molar-refractivity contribution < 1.29 is 23.8 Å². The third kappa shape index (κ3) is 5.21. The van der Waals surface area contributed by atoms with Gasteiger partial charge in [0.2, 0.25) is 0 Å². The summed E-state index contributed by atoms with van der Waals surface area (Å²) < 4.78 is 26.3. The lowest BCUT2D eigenvalue weighted by Gasteiger charge is -2.26. The average molecular weight is 577 g/mol. The summed E-state index contributed by atoms with van der Waals surface area (Å²) in [6, 6.07) is 23.8. The zero-order valence-corrected chi connectivity index (χ0v) is 23.8. The number of aryl methyl sites for hydroxylation is 1. The van der Waals surface area contributed by atoms with E-state index in [1.807, 2.05) is 24.3 Å². The molecule has 2 heterocycles. The zero-order valence-electron chi connectivity index (χ0n) is 23.8. The molecule has 4 aromatic carbocycles. The summed E-state index contributed by atoms with van der Waals surface area (Å²) in [7, 11) is 2.95. The summed E-state index contributed by atoms with van der Waals surface area (Å²) in [5, 5.41) is 16.2. The van der Waals surface area contributed by atoms with Crippen molar-refractivity contribution in [3.8, 4) is 22.6 Å². The van der Waals surface area contributed by atoms with Gasteiger partial charge in [-0.3, -0.25) is 4.99 Å². The van der Waals surface area contributed by atoms with E-state index < -0.39 is 18.1 Å². The van der Waals surface area contributed by atoms with E-state index in [1.165, 1.54) is 26.4 Å². The highest BCUT2D eigenvalue weighted by Crippen LogP contribution is 2.36. The lowest BCUT2D eigenvalue weighted by molar-refractivity contribution is 0.0693. The Morgan fingerprint density at radius 2 is 1.77 bits per heavy atom. The first-order valence-electron chi connectivity index (χ1n) is 13.7. The Kier molecular flexibility index (Phi) is 7.38. The number of fused-ring (bicyclic) bond motifs is 2. The number of aliphatic imine (C=N–C) groups is 2. The van der Waals surface area contributed by atoms with Gasteiger partial charge in [0.1, 0.15) is 22.9 Å². The molecule has 9 heteroatoms. The van der Waals surface area contributed by atoms with Crippen LogP contribution in [0, 0.1) is 12.7 Å². The van der Waals surface area contributed by atoms with Crippen molar-refractivity contribution in [2.75, 3.05) is 26.1 Å². The predicted molar refractivity (Wildman–Crippen MR) is 166 cm³/mol. The van der Waals surface area contributed by atoms with Gasteiger partial charge >= 0.3 is 5.97 Å². The number of nitrogens with one attached hydrogen (secondary N) is 2. The third-order valence-electron chi connectivity index (χ3n) is 7.56. The standard InChI is InChI=1S/C34H29FN4O4/c1-19-7-4-5-8-23(19)20-11-13-24-26(15-20)32(30-27(35)9-6-10-28(30)42-2)36-17-21-18-37-34(39-31(21)24)38-22-12-14-25(33(40)41)29(16-22)43-3/h4-16,18,34,38-39H,17H2,1-3H3,(H,40,41). The van der Waals surface area contributed by atoms with Crippen molar-refractivity contribution in [1.82, 2.24) is 5.32 Å². The maximum absolute atomic E-state index is 15.5. The molecule has 0 radical (unpaired) electrons. The SMILES string of the molecule is COc1cc(NC2N=CC3=C(N2)c2ccc(-c4ccccc4C)cc2C(c2c(F)cccc2OC)=NC3)ccc1C(=O)O. The second kappa shape index (κ2) is 11.4. The first kappa shape index (κ1) is 27.7. The van der Waals surface area contributed by atoms with Crippen molar-refractivity contribution in [3.05, 3.63) is 118 Å². The average Bonchev–Trinajstić information content (AvgIpc) is 3.17. The molecule has 43 heavy (non-hydrogen) atoms. The van der Waals surface area contributed by atoms with Gasteiger partial charge in [0, 0.05) is 34.7 Å². The lowest BCUT2D eigenvalue weighted by Crippen LogP contribution is -2.37. The van der Waals surface area contributed by atoms with Gasteiger partial charge in [-0.1, -0.05) is 42.5 Å². The number of nitrogens with zero attached hydrogens (tertiary/aromatic N) is 2. The number of hydrogen-bond acceptors (Lipinski definition) is 7. The molecular formula is C34H29FN4O4. The van der Waals surface area contributed by atoms with Crippen molar-refractivity contribution in [2.24, 2.45) is 9.98 Å². The molecule has 0 bridgehead atoms. The molecular weight excluding hydrogens is 547 g/mol. The molecule has 0 amide bonds. The van der Waals surface area contributed by atoms with Crippen molar-refractivity contribution in [3.63, 3.8) is 0 Å². The molecule has 3 N–H and O–H groups in total. The highest BCUT2D eigenvalue weighted by Gasteiger charge is 2.28. The van der Waals surface area contributed by atoms with Crippen LogP contribution in [-0.4, -0.2) is 50.1 Å². The summed E-state index contributed by atoms with van der Waals surface area (Å²) in [5.41, 5.74) is 7.88. The van der Waals surface area contributed by atoms with Crippen LogP contribution in [0.1, 0.15) is 32.6 Å². The molecule has 6 rings (SSSR count). The fourth-order valence-electron chi connectivity index (χ4n) is 5.45. The normalized spacial score (nSPS) is 15.4. The van der Waals surface area contributed by atoms with Gasteiger partial charge in [-0.15, -0.1) is 0 Å². The first-order valence-corrected chi connectivity index (χ1v) is 13.7. The number of carboxylic acids is 1. The van der Waals surface area contributed by atoms with E-state index in [2.05, 4.69) is 40.7 Å². The highest BCUT2D eigenvalue weighted by molar-refractivity contribution is 6.19. The summed E-state index contributed by atoms with van der Waals surface area (Å²) in [4.78, 5) is 21.1. The lowest BCUT2D eigenvalue weighted by atomic mass is 9.90. The summed E-state index contributed by atoms with van der Waals surface area (Å²) in [6.45, 7) is 2.32. The molecule has 0 saturated carbocycles. The summed E-state index contributed by atoms with van der Waals surface area (Å²) in [5.74, 6) is -0.872. The first-order chi connectivity index (χ1) is 20.9. The fraction of sp³-hybridized carbons (Fsp3) is 0.147. The molecule has 0 fully saturated rings. The maximum atomic E-state index is 15.5. The van der Waals surface area contributed by atoms with Crippen LogP contribution >= 0.6 is 0 Å². The number of aromatic carboxylic acids is 1. The Bertz CT molecular complexity index is 1850. The van der Waals surface area contributed by atoms with E-state index in [0.717, 1.165) is 39.1 Å². The Morgan fingerprint density at radius 3 is 2.53 bits per heavy atom. The maximum Gasteiger partial charge on any atom is 0.339 e. The summed E-state index contributed by atoms with van der Waals surface area (Å²) >= 11 is 0. The van der Waals surface area contributed by atoms with Gasteiger partial charge in [-0.05, 0) is 53.9 Å². The predicted octanol–water partition coefficient (Wildman–Crippen LogP) is 6.15. The fourth-order valence-corrected chi connectivity index (χ4v) is 5.45. The molecule has 2 aliphatic rings. The highest BCUT2D eigenvalue weighted by atomic mass is 19.1. The van der Waals surface area contributed by atoms with Gasteiger partial charge in [-0.25, -0.2) is 14.2 Å². The molecule has 8 nitrogen and oxygen atoms in total. The van der Waals surface area contributed by atoms with Crippen LogP contribution < -0.4 is 20.1 Å². The number of carboxylic acid groups (broad SMARTS) is 1. The van der Waals surface area contributed by atoms with E-state index in [4.69, 9.17) is 14.5 Å². The molecule has 0 aliphatic carbocycles. The number of hydrogen-bond donors (Lipinski definition) is 3. The minimum Gasteiger partial charge on any atom is -0.496 e. The molecule has 216 valence electrons. The molecule has 0 spiro atoms. The van der Waals surface area contributed by atoms with Crippen LogP contribution in [0.3, 0.4) is 0 Å². The van der Waals surface area contributed by atoms with Crippen LogP contribution in [0.5, 0.6) is 11.5 Å². The number of ether oxygens (including phenoxy) is 2. The quantitative estimate of drug-likeness (QED) is 0.244. The smallest absolute Gasteiger partial charge is 0.339 e. The molecule has 1 unspecified atom stereocenters. The van der Waals surface area contributed by atoms with E-state index in [9.17, 15) is 9.90 Å². The van der Waals surface area contributed by atoms with E-state index >= 15 is 4.39 Å². The molecule has 0 saturated heterocycles. The molecule has 0 aromatic heterocycles. The Hall–Kier alpha value is -5.44. The monoisotopic (exact) mass is 576 g/mol. The molecule has 4 aromatic rings. The zero-order chi connectivity index (χ0) is 30.1. The van der Waals surface area contributed by atoms with Crippen LogP contribution in [0.2, 0.25) is 0 Å². The number of benzene rings is 4. The Labute approximate surface area is 248 Å². The number of methoxy groups -OCH3 is 2. The van der Waals surface area contributed by atoms with E-state index in [-0.39, 0.29) is 17.9 Å². The largest absolute Gasteiger partial charge is 0.496 e. The number of rotatable bonds is 7. The van der Waals surface area contributed by atoms with E-state index in [0.29, 0.717) is 22.7 Å². The minimum atomic E-state index is -1.07. The summed E-state index contributed by atoms with van der Waals surface area (Å²) in [6.07, 6.45) is 1.18. The van der Waals surface area contributed by atoms with Gasteiger partial charge < -0.3 is 25.2 Å². The number of anilines is 1. The van der Waals surface area contributed by atoms with Gasteiger partial charge in [-0.2, -0.15) is 0 Å². The Balaban J connectivity index is 1.43. The second-order valence-electron chi connectivity index (χ2n) is 10.1. The second-order valence-corrected chi connectivity index (χ2v) is 10.1. The number of halogens is 1. The molecule has 2 aliphatic heterocycles. The third-order valence-corrected chi connectivity index (χ3v) is 7.56. The topological polar surface area (TPSA) is 105 Å². The van der Waals surface area contributed by atoms with Gasteiger partial charge in [0.05, 0.1) is 37.7 Å². The van der Waals surface area contributed by atoms with Crippen molar-refractivity contribution >= 4 is 29.3 Å². The van der Waals surface area contributed by atoms with Crippen LogP contribution in [0.4, 0.5) is 10.1 Å². The van der Waals surface area contributed by atoms with Gasteiger partial charge in [0.15, 0.2) is 6.29 Å².